The average molecular weight is 450 g/mol. The molecule has 0 atom stereocenters. The highest BCUT2D eigenvalue weighted by Crippen LogP contribution is 2.29. The van der Waals surface area contributed by atoms with Gasteiger partial charge in [0.25, 0.3) is 0 Å². The molecule has 1 aromatic heterocycles. The number of aromatic nitrogens is 1. The molecule has 1 aromatic carbocycles. The number of nitrogens with zero attached hydrogens (tertiary/aromatic N) is 1. The van der Waals surface area contributed by atoms with Crippen LogP contribution in [-0.4, -0.2) is 16.3 Å². The molecule has 0 spiro atoms. The Kier molecular flexibility index (Phi) is 4.49. The minimum absolute atomic E-state index is 0.334. The van der Waals surface area contributed by atoms with Gasteiger partial charge in [0.2, 0.25) is 0 Å². The average Bonchev–Trinajstić information content (AvgIpc) is 2.65. The Bertz CT molecular complexity index is 671. The molecule has 3 nitrogen and oxygen atoms in total. The van der Waals surface area contributed by atoms with E-state index in [1.165, 1.54) is 0 Å². The van der Waals surface area contributed by atoms with Gasteiger partial charge in [-0.3, -0.25) is 4.57 Å². The molecule has 0 unspecified atom stereocenters. The summed E-state index contributed by atoms with van der Waals surface area (Å²) in [5.41, 5.74) is 2.59. The van der Waals surface area contributed by atoms with Gasteiger partial charge in [0.05, 0.1) is 5.52 Å². The summed E-state index contributed by atoms with van der Waals surface area (Å²) in [5, 5.41) is 1.80. The predicted octanol–water partition coefficient (Wildman–Crippen LogP) is 5.23. The number of benzene rings is 1. The zero-order valence-electron chi connectivity index (χ0n) is 12.0. The molecule has 108 valence electrons. The van der Waals surface area contributed by atoms with E-state index in [0.29, 0.717) is 5.33 Å². The second-order valence-electron chi connectivity index (χ2n) is 5.76. The van der Waals surface area contributed by atoms with Gasteiger partial charge in [-0.1, -0.05) is 15.9 Å². The second-order valence-corrected chi connectivity index (χ2v) is 7.56. The zero-order valence-corrected chi connectivity index (χ0v) is 15.7. The van der Waals surface area contributed by atoms with Gasteiger partial charge >= 0.3 is 6.09 Å². The molecule has 1 heterocycles. The minimum Gasteiger partial charge on any atom is -0.443 e. The van der Waals surface area contributed by atoms with Crippen LogP contribution < -0.4 is 0 Å². The summed E-state index contributed by atoms with van der Waals surface area (Å²) in [7, 11) is 0. The number of ether oxygens (including phenoxy) is 1. The molecule has 0 N–H and O–H groups in total. The van der Waals surface area contributed by atoms with E-state index in [9.17, 15) is 4.79 Å². The molecule has 0 saturated heterocycles. The van der Waals surface area contributed by atoms with Crippen LogP contribution in [0.4, 0.5) is 4.79 Å². The number of hydrogen-bond donors (Lipinski definition) is 0. The van der Waals surface area contributed by atoms with Crippen LogP contribution in [0.15, 0.2) is 18.3 Å². The van der Waals surface area contributed by atoms with Crippen molar-refractivity contribution in [3.63, 3.8) is 0 Å². The summed E-state index contributed by atoms with van der Waals surface area (Å²) >= 11 is 5.78. The summed E-state index contributed by atoms with van der Waals surface area (Å²) < 4.78 is 8.26. The lowest BCUT2D eigenvalue weighted by atomic mass is 10.1. The van der Waals surface area contributed by atoms with Crippen LogP contribution in [0.1, 0.15) is 31.9 Å². The number of rotatable bonds is 1. The third kappa shape index (κ3) is 3.19. The van der Waals surface area contributed by atoms with Crippen LogP contribution in [0.5, 0.6) is 0 Å². The summed E-state index contributed by atoms with van der Waals surface area (Å²) in [6, 6.07) is 4.17. The van der Waals surface area contributed by atoms with Crippen molar-refractivity contribution in [1.29, 1.82) is 0 Å². The van der Waals surface area contributed by atoms with E-state index >= 15 is 0 Å². The molecule has 0 saturated carbocycles. The van der Waals surface area contributed by atoms with Gasteiger partial charge in [-0.05, 0) is 73.5 Å². The van der Waals surface area contributed by atoms with E-state index in [1.807, 2.05) is 33.9 Å². The quantitative estimate of drug-likeness (QED) is 0.440. The van der Waals surface area contributed by atoms with Crippen LogP contribution in [0, 0.1) is 10.5 Å². The Balaban J connectivity index is 2.62. The van der Waals surface area contributed by atoms with Gasteiger partial charge < -0.3 is 4.74 Å². The minimum atomic E-state index is -0.501. The van der Waals surface area contributed by atoms with Crippen molar-refractivity contribution in [1.82, 2.24) is 4.57 Å². The van der Waals surface area contributed by atoms with E-state index < -0.39 is 5.60 Å². The van der Waals surface area contributed by atoms with Crippen molar-refractivity contribution < 1.29 is 9.53 Å². The molecule has 0 aliphatic rings. The van der Waals surface area contributed by atoms with E-state index in [-0.39, 0.29) is 6.09 Å². The first-order chi connectivity index (χ1) is 9.23. The maximum atomic E-state index is 12.4. The van der Waals surface area contributed by atoms with Gasteiger partial charge in [0, 0.05) is 20.5 Å². The van der Waals surface area contributed by atoms with Crippen molar-refractivity contribution in [2.24, 2.45) is 0 Å². The first-order valence-corrected chi connectivity index (χ1v) is 8.52. The maximum Gasteiger partial charge on any atom is 0.419 e. The molecule has 0 radical (unpaired) electrons. The van der Waals surface area contributed by atoms with Crippen LogP contribution in [0.25, 0.3) is 10.9 Å². The highest BCUT2D eigenvalue weighted by atomic mass is 127. The molecule has 0 fully saturated rings. The molecule has 0 amide bonds. The van der Waals surface area contributed by atoms with Crippen molar-refractivity contribution in [2.75, 3.05) is 0 Å². The van der Waals surface area contributed by atoms with Crippen LogP contribution in [-0.2, 0) is 10.1 Å². The molecule has 20 heavy (non-hydrogen) atoms. The highest BCUT2D eigenvalue weighted by Gasteiger charge is 2.21. The fourth-order valence-corrected chi connectivity index (χ4v) is 3.38. The first-order valence-electron chi connectivity index (χ1n) is 6.32. The van der Waals surface area contributed by atoms with Crippen LogP contribution >= 0.6 is 38.5 Å². The Morgan fingerprint density at radius 2 is 2.05 bits per heavy atom. The van der Waals surface area contributed by atoms with E-state index in [2.05, 4.69) is 50.7 Å². The van der Waals surface area contributed by atoms with Crippen LogP contribution in [0.2, 0.25) is 0 Å². The van der Waals surface area contributed by atoms with Crippen LogP contribution in [0.3, 0.4) is 0 Å². The number of halogens is 2. The third-order valence-corrected chi connectivity index (χ3v) is 4.10. The smallest absolute Gasteiger partial charge is 0.419 e. The lowest BCUT2D eigenvalue weighted by Crippen LogP contribution is -2.26. The molecule has 0 bridgehead atoms. The Labute approximate surface area is 140 Å². The van der Waals surface area contributed by atoms with Gasteiger partial charge in [0.1, 0.15) is 5.60 Å². The number of alkyl halides is 1. The molecule has 5 heteroatoms. The molecular weight excluding hydrogens is 433 g/mol. The fraction of sp³-hybridized carbons (Fsp3) is 0.400. The monoisotopic (exact) mass is 449 g/mol. The normalized spacial score (nSPS) is 11.9. The van der Waals surface area contributed by atoms with Gasteiger partial charge in [-0.15, -0.1) is 0 Å². The lowest BCUT2D eigenvalue weighted by Gasteiger charge is -2.20. The maximum absolute atomic E-state index is 12.4. The molecule has 2 rings (SSSR count). The van der Waals surface area contributed by atoms with Crippen molar-refractivity contribution in [2.45, 2.75) is 38.6 Å². The zero-order chi connectivity index (χ0) is 15.1. The molecule has 0 aliphatic heterocycles. The Hall–Kier alpha value is -0.560. The van der Waals surface area contributed by atoms with Crippen molar-refractivity contribution in [3.05, 3.63) is 33.0 Å². The van der Waals surface area contributed by atoms with Gasteiger partial charge in [-0.2, -0.15) is 0 Å². The molecule has 2 aromatic rings. The highest BCUT2D eigenvalue weighted by molar-refractivity contribution is 14.1. The SMILES string of the molecule is Cc1cc(I)cc2c(CBr)cn(C(=O)OC(C)(C)C)c12. The van der Waals surface area contributed by atoms with Crippen molar-refractivity contribution >= 4 is 55.5 Å². The summed E-state index contributed by atoms with van der Waals surface area (Å²) in [5.74, 6) is 0. The second kappa shape index (κ2) is 5.67. The topological polar surface area (TPSA) is 31.2 Å². The van der Waals surface area contributed by atoms with E-state index in [4.69, 9.17) is 4.74 Å². The number of hydrogen-bond acceptors (Lipinski definition) is 2. The standard InChI is InChI=1S/C15H17BrINO2/c1-9-5-11(17)6-12-10(7-16)8-18(13(9)12)14(19)20-15(2,3)4/h5-6,8H,7H2,1-4H3. The van der Waals surface area contributed by atoms with Gasteiger partial charge in [-0.25, -0.2) is 4.79 Å². The number of carbonyl (C=O) groups is 1. The number of aryl methyl sites for hydroxylation is 1. The fourth-order valence-electron chi connectivity index (χ4n) is 2.15. The summed E-state index contributed by atoms with van der Waals surface area (Å²) in [6.45, 7) is 7.64. The summed E-state index contributed by atoms with van der Waals surface area (Å²) in [4.78, 5) is 12.4. The number of fused-ring (bicyclic) bond motifs is 1. The molecular formula is C15H17BrINO2. The van der Waals surface area contributed by atoms with E-state index in [0.717, 1.165) is 25.6 Å². The number of carbonyl (C=O) groups excluding carboxylic acids is 1. The van der Waals surface area contributed by atoms with Gasteiger partial charge in [0.15, 0.2) is 0 Å². The predicted molar refractivity (Wildman–Crippen MR) is 93.7 cm³/mol. The lowest BCUT2D eigenvalue weighted by molar-refractivity contribution is 0.0544. The Morgan fingerprint density at radius 3 is 2.60 bits per heavy atom. The van der Waals surface area contributed by atoms with Crippen molar-refractivity contribution in [3.8, 4) is 0 Å². The largest absolute Gasteiger partial charge is 0.443 e. The molecule has 0 aliphatic carbocycles. The summed E-state index contributed by atoms with van der Waals surface area (Å²) in [6.07, 6.45) is 1.52. The first kappa shape index (κ1) is 15.8. The third-order valence-electron chi connectivity index (χ3n) is 2.87. The Morgan fingerprint density at radius 1 is 1.40 bits per heavy atom. The van der Waals surface area contributed by atoms with E-state index in [1.54, 1.807) is 4.57 Å².